The fourth-order valence-corrected chi connectivity index (χ4v) is 2.07. The SMILES string of the molecule is CC(C)CC(NCCNC(=O)N(C)C)c1ccccc1. The second-order valence-corrected chi connectivity index (χ2v) is 5.67. The molecule has 1 aromatic carbocycles. The molecule has 4 nitrogen and oxygen atoms in total. The van der Waals surface area contributed by atoms with Crippen molar-refractivity contribution in [2.45, 2.75) is 26.3 Å². The van der Waals surface area contributed by atoms with Crippen molar-refractivity contribution in [1.29, 1.82) is 0 Å². The molecule has 0 bridgehead atoms. The van der Waals surface area contributed by atoms with E-state index in [4.69, 9.17) is 0 Å². The van der Waals surface area contributed by atoms with Crippen molar-refractivity contribution in [3.05, 3.63) is 35.9 Å². The molecule has 0 fully saturated rings. The van der Waals surface area contributed by atoms with Gasteiger partial charge in [-0.3, -0.25) is 0 Å². The van der Waals surface area contributed by atoms with E-state index >= 15 is 0 Å². The molecule has 0 spiro atoms. The van der Waals surface area contributed by atoms with Crippen LogP contribution in [0, 0.1) is 5.92 Å². The Hall–Kier alpha value is -1.55. The van der Waals surface area contributed by atoms with Crippen LogP contribution in [0.15, 0.2) is 30.3 Å². The molecule has 1 aromatic rings. The van der Waals surface area contributed by atoms with Crippen molar-refractivity contribution < 1.29 is 4.79 Å². The molecule has 20 heavy (non-hydrogen) atoms. The average Bonchev–Trinajstić information content (AvgIpc) is 2.42. The molecule has 0 aliphatic carbocycles. The molecule has 0 aliphatic rings. The van der Waals surface area contributed by atoms with Gasteiger partial charge in [0, 0.05) is 33.2 Å². The number of carbonyl (C=O) groups is 1. The predicted octanol–water partition coefficient (Wildman–Crippen LogP) is 2.63. The monoisotopic (exact) mass is 277 g/mol. The zero-order valence-corrected chi connectivity index (χ0v) is 13.0. The van der Waals surface area contributed by atoms with Crippen LogP contribution < -0.4 is 10.6 Å². The number of nitrogens with zero attached hydrogens (tertiary/aromatic N) is 1. The van der Waals surface area contributed by atoms with Crippen LogP contribution in [0.2, 0.25) is 0 Å². The summed E-state index contributed by atoms with van der Waals surface area (Å²) in [5.41, 5.74) is 1.31. The maximum Gasteiger partial charge on any atom is 0.316 e. The molecule has 0 saturated carbocycles. The Morgan fingerprint density at radius 3 is 2.35 bits per heavy atom. The van der Waals surface area contributed by atoms with Crippen LogP contribution in [-0.4, -0.2) is 38.1 Å². The third-order valence-corrected chi connectivity index (χ3v) is 3.11. The van der Waals surface area contributed by atoms with Gasteiger partial charge in [-0.2, -0.15) is 0 Å². The number of urea groups is 1. The number of nitrogens with one attached hydrogen (secondary N) is 2. The van der Waals surface area contributed by atoms with Gasteiger partial charge >= 0.3 is 6.03 Å². The van der Waals surface area contributed by atoms with Crippen molar-refractivity contribution in [2.24, 2.45) is 5.92 Å². The van der Waals surface area contributed by atoms with E-state index in [1.165, 1.54) is 5.56 Å². The molecule has 4 heteroatoms. The Labute approximate surface area is 122 Å². The fourth-order valence-electron chi connectivity index (χ4n) is 2.07. The normalized spacial score (nSPS) is 12.2. The first-order valence-electron chi connectivity index (χ1n) is 7.24. The van der Waals surface area contributed by atoms with Crippen LogP contribution in [0.3, 0.4) is 0 Å². The maximum absolute atomic E-state index is 11.4. The summed E-state index contributed by atoms with van der Waals surface area (Å²) >= 11 is 0. The minimum atomic E-state index is -0.0491. The molecular formula is C16H27N3O. The van der Waals surface area contributed by atoms with Gasteiger partial charge in [0.1, 0.15) is 0 Å². The first-order chi connectivity index (χ1) is 9.50. The molecule has 1 unspecified atom stereocenters. The van der Waals surface area contributed by atoms with E-state index in [1.807, 2.05) is 6.07 Å². The van der Waals surface area contributed by atoms with E-state index < -0.39 is 0 Å². The summed E-state index contributed by atoms with van der Waals surface area (Å²) in [5.74, 6) is 0.629. The minimum absolute atomic E-state index is 0.0491. The van der Waals surface area contributed by atoms with Gasteiger partial charge in [0.05, 0.1) is 0 Å². The van der Waals surface area contributed by atoms with Gasteiger partial charge in [0.25, 0.3) is 0 Å². The minimum Gasteiger partial charge on any atom is -0.337 e. The standard InChI is InChI=1S/C16H27N3O/c1-13(2)12-15(14-8-6-5-7-9-14)17-10-11-18-16(20)19(3)4/h5-9,13,15,17H,10-12H2,1-4H3,(H,18,20). The molecular weight excluding hydrogens is 250 g/mol. The quantitative estimate of drug-likeness (QED) is 0.753. The first kappa shape index (κ1) is 16.5. The number of benzene rings is 1. The van der Waals surface area contributed by atoms with Gasteiger partial charge < -0.3 is 15.5 Å². The maximum atomic E-state index is 11.4. The molecule has 1 rings (SSSR count). The summed E-state index contributed by atoms with van der Waals surface area (Å²) in [5, 5.41) is 6.40. The Morgan fingerprint density at radius 1 is 1.15 bits per heavy atom. The smallest absolute Gasteiger partial charge is 0.316 e. The summed E-state index contributed by atoms with van der Waals surface area (Å²) < 4.78 is 0. The summed E-state index contributed by atoms with van der Waals surface area (Å²) in [4.78, 5) is 13.0. The molecule has 0 saturated heterocycles. The lowest BCUT2D eigenvalue weighted by atomic mass is 9.97. The fraction of sp³-hybridized carbons (Fsp3) is 0.562. The van der Waals surface area contributed by atoms with Gasteiger partial charge in [-0.15, -0.1) is 0 Å². The summed E-state index contributed by atoms with van der Waals surface area (Å²) in [6.07, 6.45) is 1.09. The lowest BCUT2D eigenvalue weighted by molar-refractivity contribution is 0.217. The predicted molar refractivity (Wildman–Crippen MR) is 83.7 cm³/mol. The highest BCUT2D eigenvalue weighted by atomic mass is 16.2. The average molecular weight is 277 g/mol. The molecule has 0 heterocycles. The Balaban J connectivity index is 2.44. The topological polar surface area (TPSA) is 44.4 Å². The van der Waals surface area contributed by atoms with Crippen molar-refractivity contribution >= 4 is 6.03 Å². The second-order valence-electron chi connectivity index (χ2n) is 5.67. The lowest BCUT2D eigenvalue weighted by Crippen LogP contribution is -2.39. The Kier molecular flexibility index (Phi) is 7.09. The zero-order valence-electron chi connectivity index (χ0n) is 13.0. The summed E-state index contributed by atoms with van der Waals surface area (Å²) in [7, 11) is 3.49. The van der Waals surface area contributed by atoms with Gasteiger partial charge in [0.2, 0.25) is 0 Å². The first-order valence-corrected chi connectivity index (χ1v) is 7.24. The molecule has 1 atom stereocenters. The van der Waals surface area contributed by atoms with Gasteiger partial charge in [-0.1, -0.05) is 44.2 Å². The van der Waals surface area contributed by atoms with Crippen LogP contribution in [0.25, 0.3) is 0 Å². The van der Waals surface area contributed by atoms with E-state index in [9.17, 15) is 4.79 Å². The van der Waals surface area contributed by atoms with Crippen molar-refractivity contribution in [1.82, 2.24) is 15.5 Å². The van der Waals surface area contributed by atoms with E-state index in [0.29, 0.717) is 18.5 Å². The van der Waals surface area contributed by atoms with Gasteiger partial charge in [-0.25, -0.2) is 4.79 Å². The lowest BCUT2D eigenvalue weighted by Gasteiger charge is -2.21. The molecule has 0 radical (unpaired) electrons. The van der Waals surface area contributed by atoms with E-state index in [1.54, 1.807) is 19.0 Å². The molecule has 0 aromatic heterocycles. The third kappa shape index (κ3) is 6.06. The zero-order chi connectivity index (χ0) is 15.0. The summed E-state index contributed by atoms with van der Waals surface area (Å²) in [6, 6.07) is 10.8. The number of hydrogen-bond acceptors (Lipinski definition) is 2. The highest BCUT2D eigenvalue weighted by Gasteiger charge is 2.12. The van der Waals surface area contributed by atoms with Crippen LogP contribution in [-0.2, 0) is 0 Å². The van der Waals surface area contributed by atoms with E-state index in [0.717, 1.165) is 13.0 Å². The number of amides is 2. The summed E-state index contributed by atoms with van der Waals surface area (Å²) in [6.45, 7) is 5.86. The van der Waals surface area contributed by atoms with E-state index in [2.05, 4.69) is 48.7 Å². The third-order valence-electron chi connectivity index (χ3n) is 3.11. The largest absolute Gasteiger partial charge is 0.337 e. The molecule has 0 aliphatic heterocycles. The van der Waals surface area contributed by atoms with Crippen molar-refractivity contribution in [3.63, 3.8) is 0 Å². The highest BCUT2D eigenvalue weighted by molar-refractivity contribution is 5.73. The Bertz CT molecular complexity index is 390. The number of carbonyl (C=O) groups excluding carboxylic acids is 1. The van der Waals surface area contributed by atoms with Crippen molar-refractivity contribution in [2.75, 3.05) is 27.2 Å². The molecule has 2 amide bonds. The van der Waals surface area contributed by atoms with Crippen LogP contribution in [0.5, 0.6) is 0 Å². The van der Waals surface area contributed by atoms with E-state index in [-0.39, 0.29) is 6.03 Å². The number of rotatable bonds is 7. The Morgan fingerprint density at radius 2 is 1.80 bits per heavy atom. The van der Waals surface area contributed by atoms with Gasteiger partial charge in [0.15, 0.2) is 0 Å². The van der Waals surface area contributed by atoms with Crippen LogP contribution in [0.4, 0.5) is 4.79 Å². The van der Waals surface area contributed by atoms with Crippen LogP contribution in [0.1, 0.15) is 31.9 Å². The van der Waals surface area contributed by atoms with Crippen LogP contribution >= 0.6 is 0 Å². The highest BCUT2D eigenvalue weighted by Crippen LogP contribution is 2.20. The van der Waals surface area contributed by atoms with Gasteiger partial charge in [-0.05, 0) is 17.9 Å². The second kappa shape index (κ2) is 8.59. The molecule has 2 N–H and O–H groups in total. The number of hydrogen-bond donors (Lipinski definition) is 2. The molecule has 112 valence electrons. The van der Waals surface area contributed by atoms with Crippen molar-refractivity contribution in [3.8, 4) is 0 Å².